The van der Waals surface area contributed by atoms with E-state index >= 15 is 0 Å². The van der Waals surface area contributed by atoms with Crippen LogP contribution < -0.4 is 10.1 Å². The van der Waals surface area contributed by atoms with E-state index in [9.17, 15) is 22.8 Å². The number of halogens is 3. The maximum atomic E-state index is 12.8. The van der Waals surface area contributed by atoms with Gasteiger partial charge in [0.25, 0.3) is 5.91 Å². The number of hydrogen-bond acceptors (Lipinski definition) is 3. The second-order valence-corrected chi connectivity index (χ2v) is 4.84. The van der Waals surface area contributed by atoms with Gasteiger partial charge in [0.1, 0.15) is 5.75 Å². The lowest BCUT2D eigenvalue weighted by atomic mass is 10.0. The molecule has 0 fully saturated rings. The number of fused-ring (bicyclic) bond motifs is 1. The molecule has 0 saturated heterocycles. The normalized spacial score (nSPS) is 20.1. The lowest BCUT2D eigenvalue weighted by molar-refractivity contribution is -0.207. The monoisotopic (exact) mass is 303 g/mol. The molecule has 21 heavy (non-hydrogen) atoms. The van der Waals surface area contributed by atoms with Gasteiger partial charge in [0, 0.05) is 6.42 Å². The van der Waals surface area contributed by atoms with Crippen LogP contribution in [0.3, 0.4) is 0 Å². The molecule has 0 spiro atoms. The Balaban J connectivity index is 2.14. The first-order valence-electron chi connectivity index (χ1n) is 6.02. The molecule has 1 aromatic rings. The van der Waals surface area contributed by atoms with E-state index < -0.39 is 29.7 Å². The zero-order chi connectivity index (χ0) is 15.8. The molecule has 8 heteroatoms. The predicted molar refractivity (Wildman–Crippen MR) is 64.8 cm³/mol. The summed E-state index contributed by atoms with van der Waals surface area (Å²) in [5.74, 6) is -2.89. The largest absolute Gasteiger partial charge is 0.480 e. The number of carbonyl (C=O) groups is 2. The van der Waals surface area contributed by atoms with Gasteiger partial charge in [0.2, 0.25) is 5.54 Å². The predicted octanol–water partition coefficient (Wildman–Crippen LogP) is 1.51. The van der Waals surface area contributed by atoms with Crippen molar-refractivity contribution in [3.05, 3.63) is 29.8 Å². The summed E-state index contributed by atoms with van der Waals surface area (Å²) in [6.07, 6.45) is -6.21. The summed E-state index contributed by atoms with van der Waals surface area (Å²) in [5, 5.41) is 10.3. The van der Waals surface area contributed by atoms with Crippen LogP contribution in [-0.2, 0) is 16.0 Å². The molecule has 1 heterocycles. The molecule has 0 saturated carbocycles. The van der Waals surface area contributed by atoms with Gasteiger partial charge in [-0.1, -0.05) is 18.2 Å². The number of nitrogens with one attached hydrogen (secondary N) is 1. The van der Waals surface area contributed by atoms with Gasteiger partial charge in [-0.25, -0.2) is 4.79 Å². The van der Waals surface area contributed by atoms with Crippen molar-refractivity contribution < 1.29 is 32.6 Å². The number of hydrogen-bond donors (Lipinski definition) is 2. The SMILES string of the molecule is CC(NC(=O)C1Cc2ccccc2O1)(C(=O)O)C(F)(F)F. The van der Waals surface area contributed by atoms with Crippen molar-refractivity contribution in [2.45, 2.75) is 31.2 Å². The number of aliphatic carboxylic acids is 1. The molecule has 0 aliphatic carbocycles. The Bertz CT molecular complexity index is 562. The van der Waals surface area contributed by atoms with Crippen LogP contribution in [0.5, 0.6) is 5.75 Å². The van der Waals surface area contributed by atoms with E-state index in [2.05, 4.69) is 0 Å². The van der Waals surface area contributed by atoms with Gasteiger partial charge in [0.15, 0.2) is 6.10 Å². The number of ether oxygens (including phenoxy) is 1. The summed E-state index contributed by atoms with van der Waals surface area (Å²) in [4.78, 5) is 22.7. The molecule has 0 radical (unpaired) electrons. The summed E-state index contributed by atoms with van der Waals surface area (Å²) in [5.41, 5.74) is -2.68. The molecule has 0 aromatic heterocycles. The van der Waals surface area contributed by atoms with Crippen molar-refractivity contribution in [3.63, 3.8) is 0 Å². The van der Waals surface area contributed by atoms with Gasteiger partial charge in [-0.3, -0.25) is 4.79 Å². The first kappa shape index (κ1) is 15.1. The highest BCUT2D eigenvalue weighted by atomic mass is 19.4. The Labute approximate surface area is 117 Å². The van der Waals surface area contributed by atoms with Gasteiger partial charge in [-0.05, 0) is 18.6 Å². The average molecular weight is 303 g/mol. The highest BCUT2D eigenvalue weighted by Gasteiger charge is 2.59. The zero-order valence-electron chi connectivity index (χ0n) is 10.9. The Kier molecular flexibility index (Phi) is 3.56. The standard InChI is InChI=1S/C13H12F3NO4/c1-12(11(19)20,13(14,15)16)17-10(18)9-6-7-4-2-3-5-8(7)21-9/h2-5,9H,6H2,1H3,(H,17,18)(H,19,20). The maximum Gasteiger partial charge on any atom is 0.422 e. The van der Waals surface area contributed by atoms with Gasteiger partial charge < -0.3 is 15.2 Å². The number of alkyl halides is 3. The molecule has 1 aliphatic rings. The molecule has 1 amide bonds. The molecular weight excluding hydrogens is 291 g/mol. The minimum absolute atomic E-state index is 0.0928. The second kappa shape index (κ2) is 4.94. The van der Waals surface area contributed by atoms with Gasteiger partial charge in [0.05, 0.1) is 0 Å². The number of carboxylic acid groups (broad SMARTS) is 1. The molecule has 0 bridgehead atoms. The number of carboxylic acids is 1. The Morgan fingerprint density at radius 1 is 1.33 bits per heavy atom. The minimum Gasteiger partial charge on any atom is -0.480 e. The van der Waals surface area contributed by atoms with Crippen LogP contribution in [0.1, 0.15) is 12.5 Å². The Hall–Kier alpha value is -2.25. The van der Waals surface area contributed by atoms with Crippen LogP contribution in [-0.4, -0.2) is 34.8 Å². The third kappa shape index (κ3) is 2.65. The number of amides is 1. The lowest BCUT2D eigenvalue weighted by Gasteiger charge is -2.29. The fourth-order valence-electron chi connectivity index (χ4n) is 1.90. The molecule has 114 valence electrons. The summed E-state index contributed by atoms with van der Waals surface area (Å²) >= 11 is 0. The van der Waals surface area contributed by atoms with Gasteiger partial charge in [-0.15, -0.1) is 0 Å². The lowest BCUT2D eigenvalue weighted by Crippen LogP contribution is -2.63. The summed E-state index contributed by atoms with van der Waals surface area (Å²) in [7, 11) is 0. The van der Waals surface area contributed by atoms with E-state index in [1.807, 2.05) is 0 Å². The summed E-state index contributed by atoms with van der Waals surface area (Å²) in [6.45, 7) is 0.398. The van der Waals surface area contributed by atoms with Crippen LogP contribution in [0.15, 0.2) is 24.3 Å². The van der Waals surface area contributed by atoms with E-state index in [0.717, 1.165) is 0 Å². The quantitative estimate of drug-likeness (QED) is 0.887. The highest BCUT2D eigenvalue weighted by molar-refractivity contribution is 5.90. The number of para-hydroxylation sites is 1. The van der Waals surface area contributed by atoms with Crippen molar-refractivity contribution in [1.82, 2.24) is 5.32 Å². The van der Waals surface area contributed by atoms with Crippen molar-refractivity contribution >= 4 is 11.9 Å². The first-order valence-corrected chi connectivity index (χ1v) is 6.02. The van der Waals surface area contributed by atoms with Crippen molar-refractivity contribution in [3.8, 4) is 5.75 Å². The van der Waals surface area contributed by atoms with Crippen LogP contribution in [0, 0.1) is 0 Å². The molecule has 2 atom stereocenters. The van der Waals surface area contributed by atoms with Crippen molar-refractivity contribution in [2.24, 2.45) is 0 Å². The molecule has 1 aliphatic heterocycles. The highest BCUT2D eigenvalue weighted by Crippen LogP contribution is 2.32. The molecule has 2 unspecified atom stereocenters. The van der Waals surface area contributed by atoms with E-state index in [-0.39, 0.29) is 6.42 Å². The van der Waals surface area contributed by atoms with E-state index in [4.69, 9.17) is 9.84 Å². The van der Waals surface area contributed by atoms with E-state index in [0.29, 0.717) is 18.2 Å². The first-order chi connectivity index (χ1) is 9.65. The van der Waals surface area contributed by atoms with Crippen molar-refractivity contribution in [2.75, 3.05) is 0 Å². The minimum atomic E-state index is -5.13. The zero-order valence-corrected chi connectivity index (χ0v) is 10.9. The van der Waals surface area contributed by atoms with Crippen LogP contribution in [0.4, 0.5) is 13.2 Å². The third-order valence-electron chi connectivity index (χ3n) is 3.31. The Morgan fingerprint density at radius 3 is 2.48 bits per heavy atom. The van der Waals surface area contributed by atoms with E-state index in [1.54, 1.807) is 24.3 Å². The van der Waals surface area contributed by atoms with Gasteiger partial charge >= 0.3 is 12.1 Å². The summed E-state index contributed by atoms with van der Waals surface area (Å²) in [6, 6.07) is 6.64. The Morgan fingerprint density at radius 2 is 1.95 bits per heavy atom. The van der Waals surface area contributed by atoms with Crippen LogP contribution in [0.25, 0.3) is 0 Å². The maximum absolute atomic E-state index is 12.8. The van der Waals surface area contributed by atoms with E-state index in [1.165, 1.54) is 5.32 Å². The molecule has 2 rings (SSSR count). The van der Waals surface area contributed by atoms with Crippen molar-refractivity contribution in [1.29, 1.82) is 0 Å². The molecule has 1 aromatic carbocycles. The second-order valence-electron chi connectivity index (χ2n) is 4.84. The third-order valence-corrected chi connectivity index (χ3v) is 3.31. The van der Waals surface area contributed by atoms with Crippen LogP contribution >= 0.6 is 0 Å². The number of rotatable bonds is 3. The molecular formula is C13H12F3NO4. The topological polar surface area (TPSA) is 75.6 Å². The molecule has 5 nitrogen and oxygen atoms in total. The number of benzene rings is 1. The smallest absolute Gasteiger partial charge is 0.422 e. The number of carbonyl (C=O) groups excluding carboxylic acids is 1. The fourth-order valence-corrected chi connectivity index (χ4v) is 1.90. The summed E-state index contributed by atoms with van der Waals surface area (Å²) < 4.78 is 43.7. The van der Waals surface area contributed by atoms with Gasteiger partial charge in [-0.2, -0.15) is 13.2 Å². The molecule has 2 N–H and O–H groups in total. The average Bonchev–Trinajstić information content (AvgIpc) is 2.80. The van der Waals surface area contributed by atoms with Crippen LogP contribution in [0.2, 0.25) is 0 Å². The fraction of sp³-hybridized carbons (Fsp3) is 0.385.